The number of benzene rings is 1. The fourth-order valence-electron chi connectivity index (χ4n) is 2.46. The van der Waals surface area contributed by atoms with Crippen molar-refractivity contribution in [2.75, 3.05) is 7.11 Å². The molecule has 1 aromatic rings. The number of hydrogen-bond donors (Lipinski definition) is 0. The summed E-state index contributed by atoms with van der Waals surface area (Å²) in [6.45, 7) is 20.4. The summed E-state index contributed by atoms with van der Waals surface area (Å²) in [5.74, 6) is 4.42. The van der Waals surface area contributed by atoms with E-state index in [1.807, 2.05) is 0 Å². The van der Waals surface area contributed by atoms with Crippen LogP contribution in [0.5, 0.6) is 5.75 Å². The van der Waals surface area contributed by atoms with Crippen LogP contribution in [0.2, 0.25) is 19.6 Å². The molecule has 1 nitrogen and oxygen atoms in total. The monoisotopic (exact) mass is 330 g/mol. The van der Waals surface area contributed by atoms with Crippen LogP contribution in [-0.4, -0.2) is 15.2 Å². The van der Waals surface area contributed by atoms with Crippen LogP contribution < -0.4 is 4.74 Å². The quantitative estimate of drug-likeness (QED) is 0.498. The van der Waals surface area contributed by atoms with Crippen LogP contribution in [0, 0.1) is 11.5 Å². The van der Waals surface area contributed by atoms with E-state index in [0.717, 1.165) is 12.2 Å². The Labute approximate surface area is 144 Å². The Kier molecular flexibility index (Phi) is 5.81. The molecular formula is C21H34OSi. The van der Waals surface area contributed by atoms with Crippen molar-refractivity contribution < 1.29 is 4.74 Å². The summed E-state index contributed by atoms with van der Waals surface area (Å²) < 4.78 is 5.80. The van der Waals surface area contributed by atoms with Crippen molar-refractivity contribution >= 4 is 8.07 Å². The molecule has 0 saturated carbocycles. The molecule has 1 rings (SSSR count). The van der Waals surface area contributed by atoms with Crippen molar-refractivity contribution in [3.8, 4) is 17.2 Å². The molecule has 0 aliphatic rings. The number of methoxy groups -OCH3 is 1. The number of ether oxygens (including phenoxy) is 1. The van der Waals surface area contributed by atoms with Crippen molar-refractivity contribution in [2.45, 2.75) is 78.4 Å². The zero-order valence-corrected chi connectivity index (χ0v) is 17.8. The van der Waals surface area contributed by atoms with Gasteiger partial charge in [-0.15, -0.1) is 11.5 Å². The molecule has 0 atom stereocenters. The van der Waals surface area contributed by atoms with Crippen LogP contribution in [0.15, 0.2) is 12.1 Å². The topological polar surface area (TPSA) is 9.23 Å². The maximum absolute atomic E-state index is 5.80. The first-order chi connectivity index (χ1) is 10.3. The van der Waals surface area contributed by atoms with Crippen LogP contribution in [0.1, 0.15) is 58.2 Å². The average molecular weight is 331 g/mol. The summed E-state index contributed by atoms with van der Waals surface area (Å²) in [5, 5.41) is 0. The molecule has 0 amide bonds. The van der Waals surface area contributed by atoms with Crippen LogP contribution >= 0.6 is 0 Å². The molecule has 0 unspecified atom stereocenters. The van der Waals surface area contributed by atoms with Crippen molar-refractivity contribution in [2.24, 2.45) is 0 Å². The molecule has 0 radical (unpaired) electrons. The molecule has 0 N–H and O–H groups in total. The third kappa shape index (κ3) is 5.73. The highest BCUT2D eigenvalue weighted by Crippen LogP contribution is 2.38. The third-order valence-corrected chi connectivity index (χ3v) is 4.71. The minimum Gasteiger partial charge on any atom is -0.496 e. The minimum atomic E-state index is -1.34. The zero-order valence-electron chi connectivity index (χ0n) is 16.8. The Bertz CT molecular complexity index is 611. The van der Waals surface area contributed by atoms with E-state index in [0.29, 0.717) is 0 Å². The summed E-state index contributed by atoms with van der Waals surface area (Å²) in [6.07, 6.45) is 0.764. The lowest BCUT2D eigenvalue weighted by Crippen LogP contribution is -2.19. The Balaban J connectivity index is 3.50. The molecule has 0 aliphatic heterocycles. The molecule has 0 bridgehead atoms. The highest BCUT2D eigenvalue weighted by molar-refractivity contribution is 6.83. The average Bonchev–Trinajstić information content (AvgIpc) is 2.34. The molecule has 0 fully saturated rings. The largest absolute Gasteiger partial charge is 0.496 e. The second kappa shape index (κ2) is 6.73. The predicted molar refractivity (Wildman–Crippen MR) is 105 cm³/mol. The maximum atomic E-state index is 5.80. The van der Waals surface area contributed by atoms with Crippen LogP contribution in [-0.2, 0) is 17.3 Å². The summed E-state index contributed by atoms with van der Waals surface area (Å²) >= 11 is 0. The van der Waals surface area contributed by atoms with Gasteiger partial charge in [0.1, 0.15) is 13.8 Å². The standard InChI is InChI=1S/C21H34OSi/c1-20(2,3)17-14-16(12-11-13-23(8,9)10)19(22-7)18(15-17)21(4,5)6/h14-15H,12H2,1-10H3. The van der Waals surface area contributed by atoms with Gasteiger partial charge in [0.15, 0.2) is 0 Å². The summed E-state index contributed by atoms with van der Waals surface area (Å²) in [4.78, 5) is 0. The third-order valence-electron chi connectivity index (χ3n) is 3.79. The van der Waals surface area contributed by atoms with Crippen molar-refractivity contribution in [1.29, 1.82) is 0 Å². The van der Waals surface area contributed by atoms with Gasteiger partial charge in [-0.25, -0.2) is 0 Å². The highest BCUT2D eigenvalue weighted by Gasteiger charge is 2.25. The smallest absolute Gasteiger partial charge is 0.129 e. The van der Waals surface area contributed by atoms with Gasteiger partial charge in [0.25, 0.3) is 0 Å². The van der Waals surface area contributed by atoms with Gasteiger partial charge in [0.05, 0.1) is 7.11 Å². The lowest BCUT2D eigenvalue weighted by molar-refractivity contribution is 0.392. The van der Waals surface area contributed by atoms with Crippen LogP contribution in [0.4, 0.5) is 0 Å². The van der Waals surface area contributed by atoms with E-state index >= 15 is 0 Å². The number of hydrogen-bond acceptors (Lipinski definition) is 1. The zero-order chi connectivity index (χ0) is 18.1. The van der Waals surface area contributed by atoms with E-state index in [-0.39, 0.29) is 10.8 Å². The van der Waals surface area contributed by atoms with Gasteiger partial charge in [0, 0.05) is 17.5 Å². The second-order valence-corrected chi connectivity index (χ2v) is 14.2. The van der Waals surface area contributed by atoms with Gasteiger partial charge in [-0.3, -0.25) is 0 Å². The van der Waals surface area contributed by atoms with Crippen molar-refractivity contribution in [1.82, 2.24) is 0 Å². The van der Waals surface area contributed by atoms with Gasteiger partial charge in [-0.1, -0.05) is 73.3 Å². The Morgan fingerprint density at radius 2 is 1.52 bits per heavy atom. The molecule has 23 heavy (non-hydrogen) atoms. The Morgan fingerprint density at radius 3 is 1.91 bits per heavy atom. The molecule has 0 spiro atoms. The lowest BCUT2D eigenvalue weighted by Gasteiger charge is -2.28. The SMILES string of the molecule is COc1c(CC#C[Si](C)(C)C)cc(C(C)(C)C)cc1C(C)(C)C. The van der Waals surface area contributed by atoms with E-state index in [4.69, 9.17) is 4.74 Å². The molecule has 0 heterocycles. The first-order valence-electron chi connectivity index (χ1n) is 8.47. The van der Waals surface area contributed by atoms with Crippen molar-refractivity contribution in [3.63, 3.8) is 0 Å². The normalized spacial score (nSPS) is 12.6. The van der Waals surface area contributed by atoms with E-state index in [1.54, 1.807) is 7.11 Å². The summed E-state index contributed by atoms with van der Waals surface area (Å²) in [5.41, 5.74) is 7.49. The van der Waals surface area contributed by atoms with Gasteiger partial charge in [-0.2, -0.15) is 0 Å². The van der Waals surface area contributed by atoms with Crippen molar-refractivity contribution in [3.05, 3.63) is 28.8 Å². The fourth-order valence-corrected chi connectivity index (χ4v) is 3.07. The van der Waals surface area contributed by atoms with E-state index < -0.39 is 8.07 Å². The molecule has 0 aliphatic carbocycles. The molecule has 128 valence electrons. The van der Waals surface area contributed by atoms with Gasteiger partial charge in [-0.05, 0) is 16.4 Å². The van der Waals surface area contributed by atoms with Gasteiger partial charge >= 0.3 is 0 Å². The molecule has 0 aromatic heterocycles. The molecule has 2 heteroatoms. The Hall–Kier alpha value is -1.20. The maximum Gasteiger partial charge on any atom is 0.129 e. The predicted octanol–water partition coefficient (Wildman–Crippen LogP) is 5.71. The van der Waals surface area contributed by atoms with Crippen LogP contribution in [0.25, 0.3) is 0 Å². The molecular weight excluding hydrogens is 296 g/mol. The van der Waals surface area contributed by atoms with Crippen LogP contribution in [0.3, 0.4) is 0 Å². The first kappa shape index (κ1) is 19.8. The van der Waals surface area contributed by atoms with Gasteiger partial charge < -0.3 is 4.74 Å². The lowest BCUT2D eigenvalue weighted by atomic mass is 9.78. The number of rotatable bonds is 2. The summed E-state index contributed by atoms with van der Waals surface area (Å²) in [6, 6.07) is 4.60. The highest BCUT2D eigenvalue weighted by atomic mass is 28.3. The minimum absolute atomic E-state index is 0.0492. The van der Waals surface area contributed by atoms with E-state index in [9.17, 15) is 0 Å². The first-order valence-corrected chi connectivity index (χ1v) is 12.0. The van der Waals surface area contributed by atoms with E-state index in [2.05, 4.69) is 84.8 Å². The fraction of sp³-hybridized carbons (Fsp3) is 0.619. The summed E-state index contributed by atoms with van der Waals surface area (Å²) in [7, 11) is 0.434. The second-order valence-electron chi connectivity index (χ2n) is 9.44. The molecule has 0 saturated heterocycles. The van der Waals surface area contributed by atoms with E-state index in [1.165, 1.54) is 16.7 Å². The Morgan fingerprint density at radius 1 is 0.957 bits per heavy atom. The molecule has 1 aromatic carbocycles. The van der Waals surface area contributed by atoms with Gasteiger partial charge in [0.2, 0.25) is 0 Å².